The molecule has 7 N–H and O–H groups in total. The summed E-state index contributed by atoms with van der Waals surface area (Å²) in [6.45, 7) is 3.55. The third kappa shape index (κ3) is 12.1. The van der Waals surface area contributed by atoms with Crippen LogP contribution in [0.25, 0.3) is 10.8 Å². The van der Waals surface area contributed by atoms with E-state index in [0.29, 0.717) is 30.5 Å². The number of nitrogens with zero attached hydrogens (tertiary/aromatic N) is 4. The molecule has 2 fully saturated rings. The molecule has 2 unspecified atom stereocenters. The summed E-state index contributed by atoms with van der Waals surface area (Å²) in [6, 6.07) is 18.6. The van der Waals surface area contributed by atoms with E-state index < -0.39 is 65.6 Å². The maximum absolute atomic E-state index is 14.9. The molecular weight excluding hydrogens is 781 g/mol. The quantitative estimate of drug-likeness (QED) is 0.0789. The van der Waals surface area contributed by atoms with E-state index in [1.54, 1.807) is 32.2 Å². The van der Waals surface area contributed by atoms with Gasteiger partial charge in [0.2, 0.25) is 17.7 Å². The number of benzene rings is 3. The SMILES string of the molecule is CC(C)(O)c1cn([C@H]2C[C@@H](C(=O)NC(CCCCNC(=O)OCc3ccccc3)C(O)C(N)=O)N(C(=O)[C@@H](CC3CCCCC3)NC(=O)c3ccc4ccccc4c3)C2)nn1. The number of aromatic nitrogens is 3. The Bertz CT molecular complexity index is 2130. The van der Waals surface area contributed by atoms with Gasteiger partial charge in [0.15, 0.2) is 6.10 Å². The molecule has 61 heavy (non-hydrogen) atoms. The molecule has 16 nitrogen and oxygen atoms in total. The average Bonchev–Trinajstić information content (AvgIpc) is 3.94. The van der Waals surface area contributed by atoms with Crippen molar-refractivity contribution in [3.63, 3.8) is 0 Å². The molecule has 0 radical (unpaired) electrons. The van der Waals surface area contributed by atoms with Crippen LogP contribution in [-0.2, 0) is 31.3 Å². The van der Waals surface area contributed by atoms with Crippen LogP contribution in [0.5, 0.6) is 0 Å². The lowest BCUT2D eigenvalue weighted by Gasteiger charge is -2.32. The first-order valence-corrected chi connectivity index (χ1v) is 21.2. The summed E-state index contributed by atoms with van der Waals surface area (Å²) in [6.07, 6.45) is 5.66. The number of hydrogen-bond donors (Lipinski definition) is 6. The highest BCUT2D eigenvalue weighted by molar-refractivity contribution is 6.01. The number of ether oxygens (including phenoxy) is 1. The number of nitrogens with one attached hydrogen (secondary N) is 3. The van der Waals surface area contributed by atoms with E-state index in [0.717, 1.165) is 48.4 Å². The Kier molecular flexibility index (Phi) is 15.1. The number of aliphatic hydroxyl groups excluding tert-OH is 1. The predicted octanol–water partition coefficient (Wildman–Crippen LogP) is 4.00. The Labute approximate surface area is 355 Å². The second-order valence-electron chi connectivity index (χ2n) is 16.8. The van der Waals surface area contributed by atoms with E-state index in [1.807, 2.05) is 60.7 Å². The van der Waals surface area contributed by atoms with E-state index in [9.17, 15) is 34.2 Å². The predicted molar refractivity (Wildman–Crippen MR) is 226 cm³/mol. The van der Waals surface area contributed by atoms with Crippen molar-refractivity contribution < 1.29 is 38.9 Å². The number of unbranched alkanes of at least 4 members (excludes halogenated alkanes) is 1. The van der Waals surface area contributed by atoms with Crippen LogP contribution in [0.3, 0.4) is 0 Å². The smallest absolute Gasteiger partial charge is 0.407 e. The van der Waals surface area contributed by atoms with Crippen molar-refractivity contribution in [3.8, 4) is 0 Å². The zero-order chi connectivity index (χ0) is 43.5. The number of nitrogens with two attached hydrogens (primary N) is 1. The third-order valence-electron chi connectivity index (χ3n) is 11.7. The lowest BCUT2D eigenvalue weighted by molar-refractivity contribution is -0.141. The Morgan fingerprint density at radius 1 is 0.934 bits per heavy atom. The van der Waals surface area contributed by atoms with Gasteiger partial charge in [-0.05, 0) is 73.9 Å². The van der Waals surface area contributed by atoms with Crippen molar-refractivity contribution >= 4 is 40.5 Å². The molecule has 2 aliphatic rings. The second-order valence-corrected chi connectivity index (χ2v) is 16.8. The number of hydrogen-bond acceptors (Lipinski definition) is 10. The number of amides is 5. The molecule has 3 aromatic carbocycles. The number of alkyl carbamates (subject to hydrolysis) is 1. The molecule has 1 aromatic heterocycles. The average molecular weight is 839 g/mol. The molecule has 2 heterocycles. The van der Waals surface area contributed by atoms with Crippen LogP contribution in [-0.4, -0.2) is 97.1 Å². The summed E-state index contributed by atoms with van der Waals surface area (Å²) >= 11 is 0. The Balaban J connectivity index is 1.18. The zero-order valence-electron chi connectivity index (χ0n) is 34.9. The number of primary amides is 1. The van der Waals surface area contributed by atoms with Gasteiger partial charge in [0.1, 0.15) is 30.0 Å². The third-order valence-corrected chi connectivity index (χ3v) is 11.7. The summed E-state index contributed by atoms with van der Waals surface area (Å²) in [4.78, 5) is 69.1. The van der Waals surface area contributed by atoms with Crippen LogP contribution >= 0.6 is 0 Å². The maximum Gasteiger partial charge on any atom is 0.407 e. The van der Waals surface area contributed by atoms with E-state index in [4.69, 9.17) is 10.5 Å². The molecular formula is C45H58N8O8. The lowest BCUT2D eigenvalue weighted by Crippen LogP contribution is -2.57. The molecule has 1 saturated carbocycles. The molecule has 16 heteroatoms. The van der Waals surface area contributed by atoms with Gasteiger partial charge in [-0.2, -0.15) is 0 Å². The van der Waals surface area contributed by atoms with Gasteiger partial charge in [0, 0.05) is 25.1 Å². The molecule has 326 valence electrons. The maximum atomic E-state index is 14.9. The van der Waals surface area contributed by atoms with Gasteiger partial charge >= 0.3 is 6.09 Å². The second kappa shape index (κ2) is 20.6. The van der Waals surface area contributed by atoms with Gasteiger partial charge < -0.3 is 41.5 Å². The van der Waals surface area contributed by atoms with Crippen LogP contribution in [0.15, 0.2) is 79.0 Å². The Morgan fingerprint density at radius 2 is 1.66 bits per heavy atom. The van der Waals surface area contributed by atoms with Crippen molar-refractivity contribution in [3.05, 3.63) is 95.8 Å². The number of carbonyl (C=O) groups is 5. The van der Waals surface area contributed by atoms with Crippen molar-refractivity contribution in [2.45, 2.75) is 121 Å². The Hall–Kier alpha value is -5.87. The number of likely N-dealkylation sites (tertiary alicyclic amines) is 1. The minimum Gasteiger partial charge on any atom is -0.445 e. The highest BCUT2D eigenvalue weighted by Gasteiger charge is 2.45. The first-order chi connectivity index (χ1) is 29.3. The Morgan fingerprint density at radius 3 is 2.36 bits per heavy atom. The zero-order valence-corrected chi connectivity index (χ0v) is 34.9. The van der Waals surface area contributed by atoms with Gasteiger partial charge in [-0.1, -0.05) is 98.0 Å². The van der Waals surface area contributed by atoms with Crippen LogP contribution in [0.2, 0.25) is 0 Å². The van der Waals surface area contributed by atoms with Crippen molar-refractivity contribution in [2.75, 3.05) is 13.1 Å². The lowest BCUT2D eigenvalue weighted by atomic mass is 9.84. The summed E-state index contributed by atoms with van der Waals surface area (Å²) < 4.78 is 6.78. The van der Waals surface area contributed by atoms with Crippen molar-refractivity contribution in [1.82, 2.24) is 35.8 Å². The number of fused-ring (bicyclic) bond motifs is 1. The monoisotopic (exact) mass is 838 g/mol. The van der Waals surface area contributed by atoms with Crippen LogP contribution in [0.1, 0.15) is 106 Å². The fourth-order valence-corrected chi connectivity index (χ4v) is 8.22. The fraction of sp³-hybridized carbons (Fsp3) is 0.489. The highest BCUT2D eigenvalue weighted by Crippen LogP contribution is 2.32. The minimum absolute atomic E-state index is 0.0354. The number of rotatable bonds is 18. The molecule has 0 spiro atoms. The first kappa shape index (κ1) is 44.7. The first-order valence-electron chi connectivity index (χ1n) is 21.2. The topological polar surface area (TPSA) is 231 Å². The van der Waals surface area contributed by atoms with Gasteiger partial charge in [0.05, 0.1) is 18.3 Å². The minimum atomic E-state index is -1.74. The largest absolute Gasteiger partial charge is 0.445 e. The van der Waals surface area contributed by atoms with Gasteiger partial charge in [-0.15, -0.1) is 5.10 Å². The summed E-state index contributed by atoms with van der Waals surface area (Å²) in [5.74, 6) is -2.32. The molecule has 5 amide bonds. The van der Waals surface area contributed by atoms with E-state index in [2.05, 4.69) is 26.3 Å². The highest BCUT2D eigenvalue weighted by atomic mass is 16.5. The number of aliphatic hydroxyl groups is 2. The van der Waals surface area contributed by atoms with Gasteiger partial charge in [-0.25, -0.2) is 9.48 Å². The fourth-order valence-electron chi connectivity index (χ4n) is 8.22. The van der Waals surface area contributed by atoms with E-state index in [-0.39, 0.29) is 38.5 Å². The molecule has 0 bridgehead atoms. The molecule has 4 aromatic rings. The standard InChI is InChI=1S/C45H58N8O8/c1-45(2,60)38-27-53(51-50-38)34-25-37(42(57)48-35(39(54)40(46)55)19-11-12-22-47-44(59)61-28-30-15-7-4-8-16-30)52(26-34)43(58)36(23-29-13-5-3-6-14-29)49-41(56)33-21-20-31-17-9-10-18-32(31)24-33/h4,7-10,15-18,20-21,24,27,29,34-37,39,54,60H,3,5-6,11-14,19,22-23,25-26,28H2,1-2H3,(H2,46,55)(H,47,59)(H,48,57)(H,49,56)/t34-,35?,36+,37-,39?/m0/s1. The van der Waals surface area contributed by atoms with Crippen LogP contribution < -0.4 is 21.7 Å². The summed E-state index contributed by atoms with van der Waals surface area (Å²) in [7, 11) is 0. The van der Waals surface area contributed by atoms with E-state index >= 15 is 0 Å². The molecule has 1 saturated heterocycles. The van der Waals surface area contributed by atoms with Crippen molar-refractivity contribution in [2.24, 2.45) is 11.7 Å². The van der Waals surface area contributed by atoms with E-state index in [1.165, 1.54) is 9.58 Å². The summed E-state index contributed by atoms with van der Waals surface area (Å²) in [5, 5.41) is 40.2. The molecule has 5 atom stereocenters. The molecule has 6 rings (SSSR count). The number of carbonyl (C=O) groups excluding carboxylic acids is 5. The van der Waals surface area contributed by atoms with Gasteiger partial charge in [0.25, 0.3) is 5.91 Å². The van der Waals surface area contributed by atoms with Gasteiger partial charge in [-0.3, -0.25) is 19.2 Å². The normalized spacial score (nSPS) is 18.5. The van der Waals surface area contributed by atoms with Crippen LogP contribution in [0, 0.1) is 5.92 Å². The molecule has 1 aliphatic carbocycles. The summed E-state index contributed by atoms with van der Waals surface area (Å²) in [5.41, 5.74) is 5.78. The molecule has 1 aliphatic heterocycles. The van der Waals surface area contributed by atoms with Crippen LogP contribution in [0.4, 0.5) is 4.79 Å². The van der Waals surface area contributed by atoms with Crippen molar-refractivity contribution in [1.29, 1.82) is 0 Å².